The van der Waals surface area contributed by atoms with E-state index in [-0.39, 0.29) is 0 Å². The summed E-state index contributed by atoms with van der Waals surface area (Å²) in [5.74, 6) is 0.808. The standard InChI is InChI=1S/C17H22N6/c1-13-8-14(2)23-16(9-19-17(23)20-13)11-22-6-3-4-15(22)10-21-7-5-18-12-21/h5,7-9,12,15H,3-4,6,10-11H2,1-2H3. The van der Waals surface area contributed by atoms with Crippen LogP contribution in [0.3, 0.4) is 0 Å². The van der Waals surface area contributed by atoms with Crippen LogP contribution in [0.15, 0.2) is 31.0 Å². The number of aromatic nitrogens is 5. The Morgan fingerprint density at radius 1 is 1.30 bits per heavy atom. The van der Waals surface area contributed by atoms with Crippen molar-refractivity contribution in [2.75, 3.05) is 6.54 Å². The number of likely N-dealkylation sites (tertiary alicyclic amines) is 1. The molecule has 0 spiro atoms. The molecular formula is C17H22N6. The Hall–Kier alpha value is -2.21. The fourth-order valence-corrected chi connectivity index (χ4v) is 3.66. The second-order valence-electron chi connectivity index (χ2n) is 6.45. The molecule has 3 aromatic heterocycles. The number of hydrogen-bond donors (Lipinski definition) is 0. The molecule has 0 aliphatic carbocycles. The molecular weight excluding hydrogens is 288 g/mol. The molecule has 4 rings (SSSR count). The summed E-state index contributed by atoms with van der Waals surface area (Å²) in [6.45, 7) is 7.22. The average Bonchev–Trinajstić information content (AvgIpc) is 3.23. The van der Waals surface area contributed by atoms with E-state index in [9.17, 15) is 0 Å². The Morgan fingerprint density at radius 2 is 2.22 bits per heavy atom. The lowest BCUT2D eigenvalue weighted by molar-refractivity contribution is 0.221. The molecule has 1 fully saturated rings. The molecule has 0 amide bonds. The van der Waals surface area contributed by atoms with Gasteiger partial charge in [0.2, 0.25) is 5.78 Å². The first-order chi connectivity index (χ1) is 11.2. The van der Waals surface area contributed by atoms with Crippen molar-refractivity contribution in [3.8, 4) is 0 Å². The summed E-state index contributed by atoms with van der Waals surface area (Å²) in [4.78, 5) is 15.7. The van der Waals surface area contributed by atoms with Crippen molar-refractivity contribution >= 4 is 5.78 Å². The van der Waals surface area contributed by atoms with Crippen LogP contribution in [0.5, 0.6) is 0 Å². The van der Waals surface area contributed by atoms with Gasteiger partial charge in [-0.25, -0.2) is 15.0 Å². The van der Waals surface area contributed by atoms with E-state index in [0.29, 0.717) is 6.04 Å². The van der Waals surface area contributed by atoms with Crippen molar-refractivity contribution in [1.29, 1.82) is 0 Å². The van der Waals surface area contributed by atoms with Gasteiger partial charge in [0.1, 0.15) is 0 Å². The zero-order valence-corrected chi connectivity index (χ0v) is 13.7. The Bertz CT molecular complexity index is 804. The van der Waals surface area contributed by atoms with Gasteiger partial charge in [0.15, 0.2) is 0 Å². The highest BCUT2D eigenvalue weighted by molar-refractivity contribution is 5.35. The average molecular weight is 310 g/mol. The third-order valence-corrected chi connectivity index (χ3v) is 4.71. The lowest BCUT2D eigenvalue weighted by Crippen LogP contribution is -2.32. The van der Waals surface area contributed by atoms with Gasteiger partial charge in [-0.15, -0.1) is 0 Å². The highest BCUT2D eigenvalue weighted by Crippen LogP contribution is 2.22. The van der Waals surface area contributed by atoms with Crippen molar-refractivity contribution in [2.24, 2.45) is 0 Å². The molecule has 4 heterocycles. The molecule has 1 aliphatic rings. The molecule has 0 saturated carbocycles. The zero-order valence-electron chi connectivity index (χ0n) is 13.7. The van der Waals surface area contributed by atoms with Crippen molar-refractivity contribution in [1.82, 2.24) is 28.8 Å². The second kappa shape index (κ2) is 5.77. The molecule has 6 nitrogen and oxygen atoms in total. The summed E-state index contributed by atoms with van der Waals surface area (Å²) in [6.07, 6.45) is 10.3. The third-order valence-electron chi connectivity index (χ3n) is 4.71. The van der Waals surface area contributed by atoms with Crippen LogP contribution in [0.4, 0.5) is 0 Å². The summed E-state index contributed by atoms with van der Waals surface area (Å²) in [6, 6.07) is 2.68. The van der Waals surface area contributed by atoms with Gasteiger partial charge in [-0.2, -0.15) is 0 Å². The number of aryl methyl sites for hydroxylation is 2. The van der Waals surface area contributed by atoms with E-state index in [0.717, 1.165) is 31.1 Å². The van der Waals surface area contributed by atoms with Gasteiger partial charge >= 0.3 is 0 Å². The predicted octanol–water partition coefficient (Wildman–Crippen LogP) is 2.21. The van der Waals surface area contributed by atoms with Gasteiger partial charge in [0, 0.05) is 42.9 Å². The van der Waals surface area contributed by atoms with E-state index in [1.807, 2.05) is 31.8 Å². The summed E-state index contributed by atoms with van der Waals surface area (Å²) < 4.78 is 4.35. The first-order valence-electron chi connectivity index (χ1n) is 8.21. The summed E-state index contributed by atoms with van der Waals surface area (Å²) >= 11 is 0. The molecule has 6 heteroatoms. The van der Waals surface area contributed by atoms with Gasteiger partial charge in [0.05, 0.1) is 18.2 Å². The monoisotopic (exact) mass is 310 g/mol. The van der Waals surface area contributed by atoms with Gasteiger partial charge in [-0.1, -0.05) is 0 Å². The molecule has 0 radical (unpaired) electrons. The number of rotatable bonds is 4. The van der Waals surface area contributed by atoms with E-state index >= 15 is 0 Å². The van der Waals surface area contributed by atoms with Crippen LogP contribution >= 0.6 is 0 Å². The molecule has 0 aromatic carbocycles. The fourth-order valence-electron chi connectivity index (χ4n) is 3.66. The molecule has 23 heavy (non-hydrogen) atoms. The van der Waals surface area contributed by atoms with E-state index < -0.39 is 0 Å². The highest BCUT2D eigenvalue weighted by Gasteiger charge is 2.25. The molecule has 3 aromatic rings. The van der Waals surface area contributed by atoms with E-state index in [1.165, 1.54) is 24.2 Å². The van der Waals surface area contributed by atoms with E-state index in [1.54, 1.807) is 0 Å². The first-order valence-corrected chi connectivity index (χ1v) is 8.21. The quantitative estimate of drug-likeness (QED) is 0.741. The Kier molecular flexibility index (Phi) is 3.61. The third kappa shape index (κ3) is 2.74. The molecule has 1 unspecified atom stereocenters. The van der Waals surface area contributed by atoms with Gasteiger partial charge in [-0.05, 0) is 39.3 Å². The van der Waals surface area contributed by atoms with Crippen LogP contribution in [0.25, 0.3) is 5.78 Å². The normalized spacial score (nSPS) is 19.0. The van der Waals surface area contributed by atoms with Crippen LogP contribution in [0.2, 0.25) is 0 Å². The van der Waals surface area contributed by atoms with E-state index in [2.05, 4.69) is 41.8 Å². The minimum atomic E-state index is 0.563. The van der Waals surface area contributed by atoms with Gasteiger partial charge in [0.25, 0.3) is 0 Å². The number of nitrogens with zero attached hydrogens (tertiary/aromatic N) is 6. The number of imidazole rings is 2. The minimum absolute atomic E-state index is 0.563. The fraction of sp³-hybridized carbons (Fsp3) is 0.471. The molecule has 0 bridgehead atoms. The van der Waals surface area contributed by atoms with Crippen molar-refractivity contribution in [3.63, 3.8) is 0 Å². The maximum Gasteiger partial charge on any atom is 0.234 e. The first kappa shape index (κ1) is 14.4. The van der Waals surface area contributed by atoms with Crippen molar-refractivity contribution in [3.05, 3.63) is 48.1 Å². The Labute approximate surface area is 135 Å². The number of fused-ring (bicyclic) bond motifs is 1. The second-order valence-corrected chi connectivity index (χ2v) is 6.45. The SMILES string of the molecule is Cc1cc(C)n2c(CN3CCCC3Cn3ccnc3)cnc2n1. The predicted molar refractivity (Wildman–Crippen MR) is 88.1 cm³/mol. The molecule has 1 aliphatic heterocycles. The summed E-state index contributed by atoms with van der Waals surface area (Å²) in [7, 11) is 0. The molecule has 120 valence electrons. The summed E-state index contributed by atoms with van der Waals surface area (Å²) in [5, 5.41) is 0. The van der Waals surface area contributed by atoms with Gasteiger partial charge < -0.3 is 4.57 Å². The Balaban J connectivity index is 1.57. The maximum atomic E-state index is 4.53. The maximum absolute atomic E-state index is 4.53. The topological polar surface area (TPSA) is 51.2 Å². The molecule has 1 saturated heterocycles. The van der Waals surface area contributed by atoms with Crippen LogP contribution < -0.4 is 0 Å². The molecule has 1 atom stereocenters. The lowest BCUT2D eigenvalue weighted by Gasteiger charge is -2.24. The zero-order chi connectivity index (χ0) is 15.8. The highest BCUT2D eigenvalue weighted by atomic mass is 15.2. The smallest absolute Gasteiger partial charge is 0.234 e. The van der Waals surface area contributed by atoms with Crippen LogP contribution in [0.1, 0.15) is 29.9 Å². The van der Waals surface area contributed by atoms with Crippen LogP contribution in [-0.4, -0.2) is 41.4 Å². The summed E-state index contributed by atoms with van der Waals surface area (Å²) in [5.41, 5.74) is 3.44. The van der Waals surface area contributed by atoms with Crippen molar-refractivity contribution in [2.45, 2.75) is 45.8 Å². The van der Waals surface area contributed by atoms with Crippen LogP contribution in [-0.2, 0) is 13.1 Å². The van der Waals surface area contributed by atoms with E-state index in [4.69, 9.17) is 0 Å². The molecule has 0 N–H and O–H groups in total. The van der Waals surface area contributed by atoms with Gasteiger partial charge in [-0.3, -0.25) is 9.30 Å². The largest absolute Gasteiger partial charge is 0.336 e. The van der Waals surface area contributed by atoms with Crippen LogP contribution in [0, 0.1) is 13.8 Å². The minimum Gasteiger partial charge on any atom is -0.336 e. The lowest BCUT2D eigenvalue weighted by atomic mass is 10.2. The van der Waals surface area contributed by atoms with Crippen molar-refractivity contribution < 1.29 is 0 Å². The Morgan fingerprint density at radius 3 is 3.04 bits per heavy atom. The number of hydrogen-bond acceptors (Lipinski definition) is 4.